The van der Waals surface area contributed by atoms with Gasteiger partial charge in [0.1, 0.15) is 0 Å². The van der Waals surface area contributed by atoms with Gasteiger partial charge >= 0.3 is 0 Å². The normalized spacial score (nSPS) is 10.8. The fraction of sp³-hybridized carbons (Fsp3) is 0.375. The van der Waals surface area contributed by atoms with Crippen molar-refractivity contribution >= 4 is 21.7 Å². The fourth-order valence-electron chi connectivity index (χ4n) is 1.26. The van der Waals surface area contributed by atoms with E-state index < -0.39 is 0 Å². The molecule has 13 heavy (non-hydrogen) atoms. The van der Waals surface area contributed by atoms with Crippen LogP contribution >= 0.6 is 11.5 Å². The highest BCUT2D eigenvalue weighted by molar-refractivity contribution is 7.12. The molecule has 4 nitrogen and oxygen atoms in total. The second-order valence-electron chi connectivity index (χ2n) is 2.79. The quantitative estimate of drug-likeness (QED) is 0.786. The van der Waals surface area contributed by atoms with Crippen LogP contribution in [0.25, 0.3) is 10.2 Å². The molecule has 0 aromatic carbocycles. The first-order valence-electron chi connectivity index (χ1n) is 4.15. The van der Waals surface area contributed by atoms with Crippen LogP contribution in [0.3, 0.4) is 0 Å². The lowest BCUT2D eigenvalue weighted by molar-refractivity contribution is 0.905. The predicted molar refractivity (Wildman–Crippen MR) is 52.0 cm³/mol. The van der Waals surface area contributed by atoms with Gasteiger partial charge in [-0.05, 0) is 18.0 Å². The largest absolute Gasteiger partial charge is 0.312 e. The summed E-state index contributed by atoms with van der Waals surface area (Å²) in [6.45, 7) is 2.07. The predicted octanol–water partition coefficient (Wildman–Crippen LogP) is 1.33. The number of hydrogen-bond acceptors (Lipinski definition) is 4. The van der Waals surface area contributed by atoms with E-state index in [4.69, 9.17) is 0 Å². The average molecular weight is 195 g/mol. The highest BCUT2D eigenvalue weighted by Crippen LogP contribution is 2.16. The Hall–Kier alpha value is -1.23. The Morgan fingerprint density at radius 1 is 1.62 bits per heavy atom. The molecule has 0 bridgehead atoms. The van der Waals surface area contributed by atoms with Gasteiger partial charge in [0.25, 0.3) is 5.56 Å². The van der Waals surface area contributed by atoms with Crippen molar-refractivity contribution in [1.82, 2.24) is 14.3 Å². The number of rotatable bonds is 2. The summed E-state index contributed by atoms with van der Waals surface area (Å²) in [7, 11) is 0. The second kappa shape index (κ2) is 3.26. The number of fused-ring (bicyclic) bond motifs is 1. The molecule has 0 saturated heterocycles. The van der Waals surface area contributed by atoms with Crippen molar-refractivity contribution in [2.75, 3.05) is 0 Å². The molecular formula is C8H9N3OS. The van der Waals surface area contributed by atoms with E-state index in [2.05, 4.69) is 21.3 Å². The summed E-state index contributed by atoms with van der Waals surface area (Å²) in [5, 5.41) is 0.661. The van der Waals surface area contributed by atoms with Gasteiger partial charge in [0.15, 0.2) is 4.83 Å². The topological polar surface area (TPSA) is 58.6 Å². The van der Waals surface area contributed by atoms with Crippen LogP contribution in [-0.2, 0) is 6.42 Å². The van der Waals surface area contributed by atoms with E-state index in [1.807, 2.05) is 0 Å². The Bertz CT molecular complexity index is 473. The van der Waals surface area contributed by atoms with Crippen LogP contribution in [0.4, 0.5) is 0 Å². The maximum Gasteiger partial charge on any atom is 0.261 e. The van der Waals surface area contributed by atoms with Gasteiger partial charge in [0.05, 0.1) is 17.4 Å². The number of aromatic nitrogens is 3. The summed E-state index contributed by atoms with van der Waals surface area (Å²) in [6.07, 6.45) is 3.25. The lowest BCUT2D eigenvalue weighted by atomic mass is 10.2. The van der Waals surface area contributed by atoms with Crippen LogP contribution in [0.15, 0.2) is 11.1 Å². The Balaban J connectivity index is 2.71. The van der Waals surface area contributed by atoms with Gasteiger partial charge in [0, 0.05) is 0 Å². The highest BCUT2D eigenvalue weighted by Gasteiger charge is 2.08. The minimum absolute atomic E-state index is 0.0813. The van der Waals surface area contributed by atoms with Crippen molar-refractivity contribution in [3.05, 3.63) is 22.4 Å². The number of aryl methyl sites for hydroxylation is 1. The van der Waals surface area contributed by atoms with Crippen LogP contribution in [0.1, 0.15) is 19.0 Å². The van der Waals surface area contributed by atoms with Gasteiger partial charge < -0.3 is 4.98 Å². The molecule has 0 unspecified atom stereocenters. The molecule has 0 aliphatic rings. The second-order valence-corrected chi connectivity index (χ2v) is 3.54. The number of H-pyrrole nitrogens is 1. The summed E-state index contributed by atoms with van der Waals surface area (Å²) in [5.41, 5.74) is 0.791. The summed E-state index contributed by atoms with van der Waals surface area (Å²) >= 11 is 1.29. The molecule has 0 amide bonds. The number of nitrogens with zero attached hydrogens (tertiary/aromatic N) is 2. The monoisotopic (exact) mass is 195 g/mol. The average Bonchev–Trinajstić information content (AvgIpc) is 2.51. The molecule has 0 atom stereocenters. The summed E-state index contributed by atoms with van der Waals surface area (Å²) in [6, 6.07) is 0. The van der Waals surface area contributed by atoms with Crippen molar-refractivity contribution < 1.29 is 0 Å². The Morgan fingerprint density at radius 3 is 3.23 bits per heavy atom. The molecule has 2 heterocycles. The molecular weight excluding hydrogens is 186 g/mol. The van der Waals surface area contributed by atoms with E-state index in [9.17, 15) is 4.79 Å². The van der Waals surface area contributed by atoms with Crippen molar-refractivity contribution in [1.29, 1.82) is 0 Å². The summed E-state index contributed by atoms with van der Waals surface area (Å²) < 4.78 is 4.21. The third-order valence-electron chi connectivity index (χ3n) is 1.84. The minimum atomic E-state index is -0.0813. The molecule has 2 rings (SSSR count). The molecule has 0 spiro atoms. The molecule has 2 aromatic rings. The third kappa shape index (κ3) is 1.35. The first-order valence-corrected chi connectivity index (χ1v) is 4.92. The molecule has 0 aliphatic carbocycles. The molecule has 5 heteroatoms. The first kappa shape index (κ1) is 8.37. The zero-order chi connectivity index (χ0) is 9.26. The highest BCUT2D eigenvalue weighted by atomic mass is 32.1. The minimum Gasteiger partial charge on any atom is -0.312 e. The van der Waals surface area contributed by atoms with Crippen molar-refractivity contribution in [2.45, 2.75) is 19.8 Å². The van der Waals surface area contributed by atoms with Gasteiger partial charge in [-0.2, -0.15) is 4.37 Å². The van der Waals surface area contributed by atoms with Gasteiger partial charge in [-0.25, -0.2) is 4.98 Å². The molecule has 68 valence electrons. The van der Waals surface area contributed by atoms with E-state index in [1.54, 1.807) is 0 Å². The SMILES string of the molecule is CCCc1nsc2nc[nH]c(=O)c12. The van der Waals surface area contributed by atoms with Crippen LogP contribution in [0, 0.1) is 0 Å². The van der Waals surface area contributed by atoms with Crippen LogP contribution in [0.2, 0.25) is 0 Å². The third-order valence-corrected chi connectivity index (χ3v) is 2.63. The van der Waals surface area contributed by atoms with Gasteiger partial charge in [-0.3, -0.25) is 4.79 Å². The molecule has 2 aromatic heterocycles. The fourth-order valence-corrected chi connectivity index (χ4v) is 2.04. The molecule has 0 saturated carbocycles. The van der Waals surface area contributed by atoms with E-state index in [0.29, 0.717) is 5.39 Å². The smallest absolute Gasteiger partial charge is 0.261 e. The molecule has 0 fully saturated rings. The van der Waals surface area contributed by atoms with E-state index >= 15 is 0 Å². The summed E-state index contributed by atoms with van der Waals surface area (Å²) in [4.78, 5) is 18.7. The van der Waals surface area contributed by atoms with Gasteiger partial charge in [-0.1, -0.05) is 13.3 Å². The summed E-state index contributed by atoms with van der Waals surface area (Å²) in [5.74, 6) is 0. The lowest BCUT2D eigenvalue weighted by Crippen LogP contribution is -2.06. The maximum atomic E-state index is 11.4. The van der Waals surface area contributed by atoms with E-state index in [0.717, 1.165) is 23.4 Å². The van der Waals surface area contributed by atoms with Crippen molar-refractivity contribution in [3.63, 3.8) is 0 Å². The Morgan fingerprint density at radius 2 is 2.46 bits per heavy atom. The Kier molecular flexibility index (Phi) is 2.10. The van der Waals surface area contributed by atoms with Crippen LogP contribution in [0.5, 0.6) is 0 Å². The van der Waals surface area contributed by atoms with Crippen molar-refractivity contribution in [2.24, 2.45) is 0 Å². The molecule has 1 N–H and O–H groups in total. The van der Waals surface area contributed by atoms with Gasteiger partial charge in [0.2, 0.25) is 0 Å². The zero-order valence-corrected chi connectivity index (χ0v) is 8.02. The first-order chi connectivity index (χ1) is 6.33. The van der Waals surface area contributed by atoms with E-state index in [-0.39, 0.29) is 5.56 Å². The zero-order valence-electron chi connectivity index (χ0n) is 7.20. The lowest BCUT2D eigenvalue weighted by Gasteiger charge is -1.90. The molecule has 0 aliphatic heterocycles. The van der Waals surface area contributed by atoms with Crippen LogP contribution in [-0.4, -0.2) is 14.3 Å². The van der Waals surface area contributed by atoms with Crippen LogP contribution < -0.4 is 5.56 Å². The molecule has 0 radical (unpaired) electrons. The van der Waals surface area contributed by atoms with E-state index in [1.165, 1.54) is 17.9 Å². The number of nitrogens with one attached hydrogen (secondary N) is 1. The maximum absolute atomic E-state index is 11.4. The number of hydrogen-bond donors (Lipinski definition) is 1. The number of aromatic amines is 1. The Labute approximate surface area is 78.8 Å². The van der Waals surface area contributed by atoms with Gasteiger partial charge in [-0.15, -0.1) is 0 Å². The van der Waals surface area contributed by atoms with Crippen molar-refractivity contribution in [3.8, 4) is 0 Å². The standard InChI is InChI=1S/C8H9N3OS/c1-2-3-5-6-7(12)9-4-10-8(6)13-11-5/h4H,2-3H2,1H3,(H,9,10,12).